The first-order valence-corrected chi connectivity index (χ1v) is 7.16. The SMILES string of the molecule is CNc1cc(C(=O)NC(C)C2CCCC2)c([N+](=O)[O-])cn1. The van der Waals surface area contributed by atoms with Crippen LogP contribution < -0.4 is 10.6 Å². The van der Waals surface area contributed by atoms with Crippen molar-refractivity contribution in [1.29, 1.82) is 0 Å². The first-order valence-electron chi connectivity index (χ1n) is 7.16. The Labute approximate surface area is 123 Å². The fourth-order valence-corrected chi connectivity index (χ4v) is 2.77. The summed E-state index contributed by atoms with van der Waals surface area (Å²) in [6, 6.07) is 1.43. The Morgan fingerprint density at radius 1 is 1.48 bits per heavy atom. The Hall–Kier alpha value is -2.18. The van der Waals surface area contributed by atoms with Crippen molar-refractivity contribution in [3.63, 3.8) is 0 Å². The van der Waals surface area contributed by atoms with Gasteiger partial charge in [0.1, 0.15) is 17.6 Å². The molecule has 0 saturated heterocycles. The number of hydrogen-bond acceptors (Lipinski definition) is 5. The van der Waals surface area contributed by atoms with Crippen LogP contribution in [0.25, 0.3) is 0 Å². The van der Waals surface area contributed by atoms with Crippen LogP contribution in [0.1, 0.15) is 43.0 Å². The van der Waals surface area contributed by atoms with E-state index in [2.05, 4.69) is 15.6 Å². The van der Waals surface area contributed by atoms with Crippen LogP contribution in [0, 0.1) is 16.0 Å². The Morgan fingerprint density at radius 3 is 2.71 bits per heavy atom. The molecule has 7 heteroatoms. The number of pyridine rings is 1. The Kier molecular flexibility index (Phi) is 4.72. The molecule has 0 aromatic carbocycles. The molecular formula is C14H20N4O3. The second kappa shape index (κ2) is 6.51. The van der Waals surface area contributed by atoms with Crippen LogP contribution in [0.2, 0.25) is 0 Å². The van der Waals surface area contributed by atoms with Crippen molar-refractivity contribution >= 4 is 17.4 Å². The lowest BCUT2D eigenvalue weighted by Crippen LogP contribution is -2.37. The maximum atomic E-state index is 12.3. The lowest BCUT2D eigenvalue weighted by molar-refractivity contribution is -0.385. The smallest absolute Gasteiger partial charge is 0.300 e. The minimum atomic E-state index is -0.582. The van der Waals surface area contributed by atoms with E-state index in [1.807, 2.05) is 6.92 Å². The zero-order chi connectivity index (χ0) is 15.4. The van der Waals surface area contributed by atoms with E-state index in [0.29, 0.717) is 11.7 Å². The number of carbonyl (C=O) groups excluding carboxylic acids is 1. The van der Waals surface area contributed by atoms with Crippen LogP contribution >= 0.6 is 0 Å². The van der Waals surface area contributed by atoms with Gasteiger partial charge >= 0.3 is 0 Å². The van der Waals surface area contributed by atoms with Crippen molar-refractivity contribution in [2.45, 2.75) is 38.6 Å². The highest BCUT2D eigenvalue weighted by Gasteiger charge is 2.26. The van der Waals surface area contributed by atoms with E-state index < -0.39 is 10.8 Å². The van der Waals surface area contributed by atoms with Crippen LogP contribution in [-0.4, -0.2) is 28.9 Å². The van der Waals surface area contributed by atoms with E-state index >= 15 is 0 Å². The molecule has 0 bridgehead atoms. The van der Waals surface area contributed by atoms with Crippen molar-refractivity contribution in [1.82, 2.24) is 10.3 Å². The third-order valence-electron chi connectivity index (χ3n) is 4.05. The summed E-state index contributed by atoms with van der Waals surface area (Å²) < 4.78 is 0. The maximum Gasteiger partial charge on any atom is 0.300 e. The zero-order valence-electron chi connectivity index (χ0n) is 12.3. The number of amides is 1. The molecule has 1 aliphatic rings. The van der Waals surface area contributed by atoms with Crippen molar-refractivity contribution in [2.24, 2.45) is 5.92 Å². The van der Waals surface area contributed by atoms with E-state index in [1.54, 1.807) is 7.05 Å². The number of rotatable bonds is 5. The molecule has 1 heterocycles. The number of hydrogen-bond donors (Lipinski definition) is 2. The minimum absolute atomic E-state index is 0.0193. The second-order valence-electron chi connectivity index (χ2n) is 5.40. The highest BCUT2D eigenvalue weighted by Crippen LogP contribution is 2.28. The standard InChI is InChI=1S/C14H20N4O3/c1-9(10-5-3-4-6-10)17-14(19)11-7-13(15-2)16-8-12(11)18(20)21/h7-10H,3-6H2,1-2H3,(H,15,16)(H,17,19). The van der Waals surface area contributed by atoms with Crippen LogP contribution in [0.15, 0.2) is 12.3 Å². The molecule has 0 aliphatic heterocycles. The maximum absolute atomic E-state index is 12.3. The zero-order valence-corrected chi connectivity index (χ0v) is 12.3. The van der Waals surface area contributed by atoms with Gasteiger partial charge in [0.15, 0.2) is 0 Å². The summed E-state index contributed by atoms with van der Waals surface area (Å²) in [6.07, 6.45) is 5.68. The number of aromatic nitrogens is 1. The largest absolute Gasteiger partial charge is 0.373 e. The van der Waals surface area contributed by atoms with Gasteiger partial charge < -0.3 is 10.6 Å². The van der Waals surface area contributed by atoms with Gasteiger partial charge in [-0.1, -0.05) is 12.8 Å². The quantitative estimate of drug-likeness (QED) is 0.641. The third-order valence-corrected chi connectivity index (χ3v) is 4.05. The molecule has 1 atom stereocenters. The van der Waals surface area contributed by atoms with Gasteiger partial charge in [0.2, 0.25) is 0 Å². The average Bonchev–Trinajstić information content (AvgIpc) is 3.00. The topological polar surface area (TPSA) is 97.2 Å². The van der Waals surface area contributed by atoms with Crippen LogP contribution in [0.5, 0.6) is 0 Å². The molecule has 0 radical (unpaired) electrons. The van der Waals surface area contributed by atoms with Gasteiger partial charge in [-0.2, -0.15) is 0 Å². The lowest BCUT2D eigenvalue weighted by atomic mass is 9.99. The molecule has 1 aromatic rings. The van der Waals surface area contributed by atoms with Crippen molar-refractivity contribution in [2.75, 3.05) is 12.4 Å². The van der Waals surface area contributed by atoms with E-state index in [9.17, 15) is 14.9 Å². The number of nitrogens with zero attached hydrogens (tertiary/aromatic N) is 2. The molecule has 114 valence electrons. The van der Waals surface area contributed by atoms with E-state index in [0.717, 1.165) is 19.0 Å². The molecule has 1 unspecified atom stereocenters. The molecule has 1 aliphatic carbocycles. The van der Waals surface area contributed by atoms with Crippen molar-refractivity contribution in [3.8, 4) is 0 Å². The summed E-state index contributed by atoms with van der Waals surface area (Å²) in [5, 5.41) is 16.7. The Morgan fingerprint density at radius 2 is 2.14 bits per heavy atom. The van der Waals surface area contributed by atoms with Gasteiger partial charge in [0.05, 0.1) is 4.92 Å². The first kappa shape index (κ1) is 15.2. The van der Waals surface area contributed by atoms with Crippen LogP contribution in [-0.2, 0) is 0 Å². The van der Waals surface area contributed by atoms with Crippen molar-refractivity contribution in [3.05, 3.63) is 27.9 Å². The minimum Gasteiger partial charge on any atom is -0.373 e. The van der Waals surface area contributed by atoms with Crippen LogP contribution in [0.4, 0.5) is 11.5 Å². The molecule has 1 aromatic heterocycles. The summed E-state index contributed by atoms with van der Waals surface area (Å²) in [5.74, 6) is 0.470. The average molecular weight is 292 g/mol. The monoisotopic (exact) mass is 292 g/mol. The molecule has 7 nitrogen and oxygen atoms in total. The fourth-order valence-electron chi connectivity index (χ4n) is 2.77. The molecule has 2 N–H and O–H groups in total. The predicted molar refractivity (Wildman–Crippen MR) is 79.3 cm³/mol. The van der Waals surface area contributed by atoms with E-state index in [1.165, 1.54) is 18.9 Å². The summed E-state index contributed by atoms with van der Waals surface area (Å²) in [4.78, 5) is 26.7. The molecule has 0 spiro atoms. The molecule has 1 saturated carbocycles. The Bertz CT molecular complexity index is 541. The molecule has 1 amide bonds. The normalized spacial score (nSPS) is 16.5. The highest BCUT2D eigenvalue weighted by molar-refractivity contribution is 5.98. The summed E-state index contributed by atoms with van der Waals surface area (Å²) in [6.45, 7) is 1.96. The van der Waals surface area contributed by atoms with Gasteiger partial charge in [-0.3, -0.25) is 14.9 Å². The van der Waals surface area contributed by atoms with E-state index in [-0.39, 0.29) is 17.3 Å². The van der Waals surface area contributed by atoms with Crippen LogP contribution in [0.3, 0.4) is 0 Å². The first-order chi connectivity index (χ1) is 10.0. The number of nitrogens with one attached hydrogen (secondary N) is 2. The summed E-state index contributed by atoms with van der Waals surface area (Å²) in [7, 11) is 1.65. The number of anilines is 1. The second-order valence-corrected chi connectivity index (χ2v) is 5.40. The number of carbonyl (C=O) groups is 1. The molecule has 21 heavy (non-hydrogen) atoms. The van der Waals surface area contributed by atoms with Gasteiger partial charge in [-0.05, 0) is 25.7 Å². The van der Waals surface area contributed by atoms with Crippen molar-refractivity contribution < 1.29 is 9.72 Å². The van der Waals surface area contributed by atoms with Gasteiger partial charge in [-0.15, -0.1) is 0 Å². The summed E-state index contributed by atoms with van der Waals surface area (Å²) in [5.41, 5.74) is -0.227. The molecule has 1 fully saturated rings. The molecular weight excluding hydrogens is 272 g/mol. The van der Waals surface area contributed by atoms with Gasteiger partial charge in [0.25, 0.3) is 11.6 Å². The highest BCUT2D eigenvalue weighted by atomic mass is 16.6. The van der Waals surface area contributed by atoms with Gasteiger partial charge in [0, 0.05) is 19.2 Å². The Balaban J connectivity index is 2.18. The van der Waals surface area contributed by atoms with E-state index in [4.69, 9.17) is 0 Å². The summed E-state index contributed by atoms with van der Waals surface area (Å²) >= 11 is 0. The third kappa shape index (κ3) is 3.48. The molecule has 2 rings (SSSR count). The number of nitro groups is 1. The van der Waals surface area contributed by atoms with Gasteiger partial charge in [-0.25, -0.2) is 4.98 Å². The fraction of sp³-hybridized carbons (Fsp3) is 0.571. The lowest BCUT2D eigenvalue weighted by Gasteiger charge is -2.20. The predicted octanol–water partition coefficient (Wildman–Crippen LogP) is 2.34.